The molecule has 1 aliphatic rings. The predicted molar refractivity (Wildman–Crippen MR) is 50.0 cm³/mol. The van der Waals surface area contributed by atoms with Crippen molar-refractivity contribution in [3.63, 3.8) is 0 Å². The van der Waals surface area contributed by atoms with Crippen molar-refractivity contribution in [1.29, 1.82) is 0 Å². The summed E-state index contributed by atoms with van der Waals surface area (Å²) in [6.45, 7) is 5.80. The SMILES string of the molecule is CCOC(=O)/N=C/N1CCNCC1. The first-order valence-electron chi connectivity index (χ1n) is 4.48. The van der Waals surface area contributed by atoms with Crippen molar-refractivity contribution >= 4 is 12.4 Å². The normalized spacial score (nSPS) is 17.8. The Kier molecular flexibility index (Phi) is 4.25. The van der Waals surface area contributed by atoms with E-state index in [0.29, 0.717) is 6.61 Å². The van der Waals surface area contributed by atoms with Crippen LogP contribution >= 0.6 is 0 Å². The van der Waals surface area contributed by atoms with Crippen molar-refractivity contribution in [3.8, 4) is 0 Å². The number of nitrogens with zero attached hydrogens (tertiary/aromatic N) is 2. The number of hydrogen-bond acceptors (Lipinski definition) is 3. The largest absolute Gasteiger partial charge is 0.448 e. The summed E-state index contributed by atoms with van der Waals surface area (Å²) in [5.41, 5.74) is 0. The average Bonchev–Trinajstić information content (AvgIpc) is 2.17. The molecule has 0 aromatic heterocycles. The summed E-state index contributed by atoms with van der Waals surface area (Å²) in [5, 5.41) is 3.21. The van der Waals surface area contributed by atoms with Crippen LogP contribution < -0.4 is 5.32 Å². The van der Waals surface area contributed by atoms with Crippen molar-refractivity contribution < 1.29 is 9.53 Å². The fraction of sp³-hybridized carbons (Fsp3) is 0.750. The number of ether oxygens (including phenoxy) is 1. The molecule has 1 amide bonds. The van der Waals surface area contributed by atoms with E-state index in [4.69, 9.17) is 0 Å². The molecule has 0 saturated carbocycles. The van der Waals surface area contributed by atoms with Crippen molar-refractivity contribution in [2.45, 2.75) is 6.92 Å². The molecular weight excluding hydrogens is 170 g/mol. The van der Waals surface area contributed by atoms with Crippen LogP contribution in [0.4, 0.5) is 4.79 Å². The van der Waals surface area contributed by atoms with E-state index >= 15 is 0 Å². The Balaban J connectivity index is 2.24. The first-order valence-corrected chi connectivity index (χ1v) is 4.48. The number of nitrogens with one attached hydrogen (secondary N) is 1. The summed E-state index contributed by atoms with van der Waals surface area (Å²) in [7, 11) is 0. The molecular formula is C8H15N3O2. The standard InChI is InChI=1S/C8H15N3O2/c1-2-13-8(12)10-7-11-5-3-9-4-6-11/h7,9H,2-6H2,1H3/b10-7+. The van der Waals surface area contributed by atoms with Crippen LogP contribution in [0.1, 0.15) is 6.92 Å². The Morgan fingerprint density at radius 1 is 1.62 bits per heavy atom. The Morgan fingerprint density at radius 3 is 2.92 bits per heavy atom. The number of carbonyl (C=O) groups excluding carboxylic acids is 1. The molecule has 0 aromatic carbocycles. The Bertz CT molecular complexity index is 188. The highest BCUT2D eigenvalue weighted by molar-refractivity contribution is 5.78. The van der Waals surface area contributed by atoms with E-state index in [1.54, 1.807) is 13.3 Å². The minimum atomic E-state index is -0.513. The summed E-state index contributed by atoms with van der Waals surface area (Å²) in [6.07, 6.45) is 1.04. The maximum absolute atomic E-state index is 10.8. The van der Waals surface area contributed by atoms with Crippen molar-refractivity contribution in [3.05, 3.63) is 0 Å². The van der Waals surface area contributed by atoms with Gasteiger partial charge < -0.3 is 15.0 Å². The van der Waals surface area contributed by atoms with E-state index in [1.807, 2.05) is 4.90 Å². The summed E-state index contributed by atoms with van der Waals surface area (Å²) in [4.78, 5) is 16.5. The molecule has 1 fully saturated rings. The summed E-state index contributed by atoms with van der Waals surface area (Å²) >= 11 is 0. The summed E-state index contributed by atoms with van der Waals surface area (Å²) < 4.78 is 4.65. The van der Waals surface area contributed by atoms with E-state index in [2.05, 4.69) is 15.0 Å². The summed E-state index contributed by atoms with van der Waals surface area (Å²) in [5.74, 6) is 0. The number of rotatable bonds is 2. The quantitative estimate of drug-likeness (QED) is 0.489. The summed E-state index contributed by atoms with van der Waals surface area (Å²) in [6, 6.07) is 0. The third-order valence-corrected chi connectivity index (χ3v) is 1.75. The molecule has 0 radical (unpaired) electrons. The van der Waals surface area contributed by atoms with Crippen molar-refractivity contribution in [1.82, 2.24) is 10.2 Å². The number of amides is 1. The molecule has 0 aromatic rings. The van der Waals surface area contributed by atoms with Crippen LogP contribution in [0.25, 0.3) is 0 Å². The highest BCUT2D eigenvalue weighted by Crippen LogP contribution is 1.89. The third kappa shape index (κ3) is 3.89. The fourth-order valence-corrected chi connectivity index (χ4v) is 1.09. The van der Waals surface area contributed by atoms with E-state index < -0.39 is 6.09 Å². The predicted octanol–water partition coefficient (Wildman–Crippen LogP) is 0.0764. The van der Waals surface area contributed by atoms with Crippen LogP contribution in [0.2, 0.25) is 0 Å². The second-order valence-electron chi connectivity index (χ2n) is 2.73. The van der Waals surface area contributed by atoms with Gasteiger partial charge in [-0.25, -0.2) is 4.79 Å². The lowest BCUT2D eigenvalue weighted by molar-refractivity contribution is 0.163. The van der Waals surface area contributed by atoms with Gasteiger partial charge in [-0.2, -0.15) is 4.99 Å². The van der Waals surface area contributed by atoms with Gasteiger partial charge in [0.05, 0.1) is 12.9 Å². The number of piperazine rings is 1. The first-order chi connectivity index (χ1) is 6.33. The van der Waals surface area contributed by atoms with Crippen LogP contribution in [-0.2, 0) is 4.74 Å². The minimum absolute atomic E-state index is 0.373. The molecule has 0 unspecified atom stereocenters. The zero-order chi connectivity index (χ0) is 9.52. The molecule has 1 saturated heterocycles. The van der Waals surface area contributed by atoms with E-state index in [-0.39, 0.29) is 0 Å². The lowest BCUT2D eigenvalue weighted by atomic mass is 10.4. The van der Waals surface area contributed by atoms with Gasteiger partial charge in [0.2, 0.25) is 0 Å². The number of aliphatic imine (C=N–C) groups is 1. The van der Waals surface area contributed by atoms with E-state index in [9.17, 15) is 4.79 Å². The molecule has 1 N–H and O–H groups in total. The van der Waals surface area contributed by atoms with Crippen LogP contribution in [0.5, 0.6) is 0 Å². The maximum atomic E-state index is 10.8. The molecule has 0 spiro atoms. The smallest absolute Gasteiger partial charge is 0.434 e. The Morgan fingerprint density at radius 2 is 2.31 bits per heavy atom. The van der Waals surface area contributed by atoms with Gasteiger partial charge in [-0.05, 0) is 6.92 Å². The molecule has 1 rings (SSSR count). The lowest BCUT2D eigenvalue weighted by Gasteiger charge is -2.24. The van der Waals surface area contributed by atoms with Crippen LogP contribution in [0, 0.1) is 0 Å². The van der Waals surface area contributed by atoms with Gasteiger partial charge in [0.15, 0.2) is 0 Å². The topological polar surface area (TPSA) is 53.9 Å². The van der Waals surface area contributed by atoms with Crippen LogP contribution in [0.15, 0.2) is 4.99 Å². The van der Waals surface area contributed by atoms with Gasteiger partial charge in [0.25, 0.3) is 0 Å². The van der Waals surface area contributed by atoms with Gasteiger partial charge in [-0.15, -0.1) is 0 Å². The second-order valence-corrected chi connectivity index (χ2v) is 2.73. The number of hydrogen-bond donors (Lipinski definition) is 1. The highest BCUT2D eigenvalue weighted by atomic mass is 16.5. The molecule has 1 aliphatic heterocycles. The number of carbonyl (C=O) groups is 1. The fourth-order valence-electron chi connectivity index (χ4n) is 1.09. The van der Waals surface area contributed by atoms with E-state index in [1.165, 1.54) is 0 Å². The molecule has 13 heavy (non-hydrogen) atoms. The second kappa shape index (κ2) is 5.53. The Labute approximate surface area is 77.8 Å². The average molecular weight is 185 g/mol. The van der Waals surface area contributed by atoms with Gasteiger partial charge in [-0.1, -0.05) is 0 Å². The monoisotopic (exact) mass is 185 g/mol. The van der Waals surface area contributed by atoms with Gasteiger partial charge in [0.1, 0.15) is 0 Å². The first kappa shape index (κ1) is 9.98. The van der Waals surface area contributed by atoms with Crippen molar-refractivity contribution in [2.24, 2.45) is 4.99 Å². The molecule has 1 heterocycles. The molecule has 0 aliphatic carbocycles. The highest BCUT2D eigenvalue weighted by Gasteiger charge is 2.05. The molecule has 0 bridgehead atoms. The maximum Gasteiger partial charge on any atom is 0.434 e. The van der Waals surface area contributed by atoms with Gasteiger partial charge in [0, 0.05) is 26.2 Å². The van der Waals surface area contributed by atoms with E-state index in [0.717, 1.165) is 26.2 Å². The third-order valence-electron chi connectivity index (χ3n) is 1.75. The van der Waals surface area contributed by atoms with Crippen LogP contribution in [-0.4, -0.2) is 50.1 Å². The zero-order valence-electron chi connectivity index (χ0n) is 7.82. The van der Waals surface area contributed by atoms with Crippen molar-refractivity contribution in [2.75, 3.05) is 32.8 Å². The van der Waals surface area contributed by atoms with Gasteiger partial charge in [-0.3, -0.25) is 0 Å². The molecule has 74 valence electrons. The zero-order valence-corrected chi connectivity index (χ0v) is 7.82. The minimum Gasteiger partial charge on any atom is -0.448 e. The van der Waals surface area contributed by atoms with Gasteiger partial charge >= 0.3 is 6.09 Å². The molecule has 5 nitrogen and oxygen atoms in total. The molecule has 0 atom stereocenters. The Hall–Kier alpha value is -1.10. The lowest BCUT2D eigenvalue weighted by Crippen LogP contribution is -2.42. The van der Waals surface area contributed by atoms with Crippen LogP contribution in [0.3, 0.4) is 0 Å². The molecule has 5 heteroatoms.